The molecule has 0 heteroatoms. The van der Waals surface area contributed by atoms with Crippen LogP contribution in [0, 0.1) is 22.7 Å². The van der Waals surface area contributed by atoms with E-state index >= 15 is 0 Å². The summed E-state index contributed by atoms with van der Waals surface area (Å²) in [5.74, 6) is 1.55. The smallest absolute Gasteiger partial charge is 0.0134 e. The Hall–Kier alpha value is -0.520. The van der Waals surface area contributed by atoms with Crippen LogP contribution in [0.4, 0.5) is 0 Å². The zero-order valence-electron chi connectivity index (χ0n) is 10.6. The van der Waals surface area contributed by atoms with Crippen molar-refractivity contribution in [2.75, 3.05) is 0 Å². The normalized spacial score (nSPS) is 49.7. The van der Waals surface area contributed by atoms with Crippen molar-refractivity contribution in [3.8, 4) is 0 Å². The number of allylic oxidation sites excluding steroid dienone is 3. The molecule has 1 saturated carbocycles. The van der Waals surface area contributed by atoms with Gasteiger partial charge in [0, 0.05) is 0 Å². The highest BCUT2D eigenvalue weighted by Gasteiger charge is 2.56. The van der Waals surface area contributed by atoms with Crippen molar-refractivity contribution in [1.29, 1.82) is 0 Å². The minimum atomic E-state index is 0.491. The first-order valence-electron chi connectivity index (χ1n) is 6.28. The molecule has 1 fully saturated rings. The predicted octanol–water partition coefficient (Wildman–Crippen LogP) is 4.58. The van der Waals surface area contributed by atoms with E-state index in [1.165, 1.54) is 24.8 Å². The molecule has 0 nitrogen and oxygen atoms in total. The summed E-state index contributed by atoms with van der Waals surface area (Å²) in [6.07, 6.45) is 8.53. The van der Waals surface area contributed by atoms with Gasteiger partial charge in [-0.05, 0) is 47.5 Å². The van der Waals surface area contributed by atoms with Gasteiger partial charge in [0.15, 0.2) is 0 Å². The summed E-state index contributed by atoms with van der Waals surface area (Å²) in [5.41, 5.74) is 2.48. The van der Waals surface area contributed by atoms with Crippen LogP contribution in [-0.4, -0.2) is 0 Å². The average molecular weight is 204 g/mol. The Morgan fingerprint density at radius 2 is 2.00 bits per heavy atom. The molecule has 0 bridgehead atoms. The van der Waals surface area contributed by atoms with E-state index in [0.29, 0.717) is 16.7 Å². The van der Waals surface area contributed by atoms with Crippen LogP contribution >= 0.6 is 0 Å². The lowest BCUT2D eigenvalue weighted by atomic mass is 9.54. The van der Waals surface area contributed by atoms with Gasteiger partial charge in [-0.25, -0.2) is 0 Å². The maximum atomic E-state index is 3.95. The van der Waals surface area contributed by atoms with E-state index in [0.717, 1.165) is 5.92 Å². The first-order valence-corrected chi connectivity index (χ1v) is 6.28. The third kappa shape index (κ3) is 1.20. The Balaban J connectivity index is 2.45. The number of hydrogen-bond acceptors (Lipinski definition) is 0. The lowest BCUT2D eigenvalue weighted by Gasteiger charge is -2.51. The van der Waals surface area contributed by atoms with Crippen LogP contribution in [0.2, 0.25) is 0 Å². The molecule has 2 rings (SSSR count). The van der Waals surface area contributed by atoms with Gasteiger partial charge in [-0.2, -0.15) is 0 Å². The molecule has 15 heavy (non-hydrogen) atoms. The highest BCUT2D eigenvalue weighted by atomic mass is 14.6. The number of hydrogen-bond donors (Lipinski definition) is 0. The predicted molar refractivity (Wildman–Crippen MR) is 66.7 cm³/mol. The molecule has 0 radical (unpaired) electrons. The van der Waals surface area contributed by atoms with Crippen molar-refractivity contribution in [3.05, 3.63) is 24.3 Å². The molecule has 0 unspecified atom stereocenters. The topological polar surface area (TPSA) is 0 Å². The molecule has 0 heterocycles. The summed E-state index contributed by atoms with van der Waals surface area (Å²) < 4.78 is 0. The third-order valence-corrected chi connectivity index (χ3v) is 5.94. The van der Waals surface area contributed by atoms with Crippen LogP contribution in [0.15, 0.2) is 24.3 Å². The van der Waals surface area contributed by atoms with Gasteiger partial charge in [0.05, 0.1) is 0 Å². The largest absolute Gasteiger partial charge is 0.0988 e. The van der Waals surface area contributed by atoms with Crippen LogP contribution in [0.5, 0.6) is 0 Å². The molecule has 0 saturated heterocycles. The zero-order chi connectivity index (χ0) is 11.3. The fraction of sp³-hybridized carbons (Fsp3) is 0.733. The summed E-state index contributed by atoms with van der Waals surface area (Å²) in [6, 6.07) is 0. The lowest BCUT2D eigenvalue weighted by Crippen LogP contribution is -2.43. The van der Waals surface area contributed by atoms with Crippen LogP contribution in [-0.2, 0) is 0 Å². The van der Waals surface area contributed by atoms with Gasteiger partial charge in [-0.15, -0.1) is 0 Å². The summed E-state index contributed by atoms with van der Waals surface area (Å²) >= 11 is 0. The van der Waals surface area contributed by atoms with Gasteiger partial charge >= 0.3 is 0 Å². The van der Waals surface area contributed by atoms with E-state index in [1.807, 2.05) is 0 Å². The lowest BCUT2D eigenvalue weighted by molar-refractivity contribution is 0.0284. The van der Waals surface area contributed by atoms with Crippen LogP contribution in [0.3, 0.4) is 0 Å². The summed E-state index contributed by atoms with van der Waals surface area (Å²) in [6.45, 7) is 13.8. The van der Waals surface area contributed by atoms with E-state index in [2.05, 4.69) is 46.4 Å². The van der Waals surface area contributed by atoms with E-state index in [-0.39, 0.29) is 0 Å². The van der Waals surface area contributed by atoms with Gasteiger partial charge in [0.25, 0.3) is 0 Å². The summed E-state index contributed by atoms with van der Waals surface area (Å²) in [7, 11) is 0. The van der Waals surface area contributed by atoms with Crippen molar-refractivity contribution in [1.82, 2.24) is 0 Å². The number of rotatable bonds is 1. The molecule has 0 N–H and O–H groups in total. The quantitative estimate of drug-likeness (QED) is 0.586. The Kier molecular flexibility index (Phi) is 2.37. The van der Waals surface area contributed by atoms with Gasteiger partial charge in [0.1, 0.15) is 0 Å². The SMILES string of the molecule is C=CC1=CC[C@]2(C)[C@@H](C)CC[C@]2(C)[C@H]1C. The maximum Gasteiger partial charge on any atom is -0.0134 e. The van der Waals surface area contributed by atoms with Crippen molar-refractivity contribution in [2.45, 2.75) is 47.0 Å². The maximum absolute atomic E-state index is 3.95. The zero-order valence-corrected chi connectivity index (χ0v) is 10.6. The minimum absolute atomic E-state index is 0.491. The minimum Gasteiger partial charge on any atom is -0.0988 e. The Labute approximate surface area is 94.5 Å². The molecule has 4 atom stereocenters. The average Bonchev–Trinajstić information content (AvgIpc) is 2.45. The Bertz CT molecular complexity index is 312. The molecule has 0 spiro atoms. The molecule has 0 aromatic carbocycles. The summed E-state index contributed by atoms with van der Waals surface area (Å²) in [5, 5.41) is 0. The van der Waals surface area contributed by atoms with Gasteiger partial charge in [0.2, 0.25) is 0 Å². The first-order chi connectivity index (χ1) is 6.95. The number of fused-ring (bicyclic) bond motifs is 1. The van der Waals surface area contributed by atoms with E-state index < -0.39 is 0 Å². The molecule has 84 valence electrons. The molecule has 2 aliphatic carbocycles. The Morgan fingerprint density at radius 1 is 1.33 bits per heavy atom. The van der Waals surface area contributed by atoms with Crippen LogP contribution in [0.25, 0.3) is 0 Å². The van der Waals surface area contributed by atoms with Crippen molar-refractivity contribution < 1.29 is 0 Å². The van der Waals surface area contributed by atoms with Crippen molar-refractivity contribution in [3.63, 3.8) is 0 Å². The molecular formula is C15H24. The highest BCUT2D eigenvalue weighted by molar-refractivity contribution is 5.28. The standard InChI is InChI=1S/C15H24/c1-6-13-8-10-14(4)11(2)7-9-15(14,5)12(13)3/h6,8,11-12H,1,7,9-10H2,2-5H3/t11-,12-,14+,15+/m0/s1. The second kappa shape index (κ2) is 3.23. The first kappa shape index (κ1) is 11.0. The highest BCUT2D eigenvalue weighted by Crippen LogP contribution is 2.64. The Morgan fingerprint density at radius 3 is 2.60 bits per heavy atom. The van der Waals surface area contributed by atoms with Gasteiger partial charge in [-0.1, -0.05) is 46.4 Å². The second-order valence-electron chi connectivity index (χ2n) is 6.11. The molecule has 0 aromatic rings. The van der Waals surface area contributed by atoms with Crippen molar-refractivity contribution >= 4 is 0 Å². The van der Waals surface area contributed by atoms with Crippen LogP contribution < -0.4 is 0 Å². The molecule has 0 aliphatic heterocycles. The van der Waals surface area contributed by atoms with Gasteiger partial charge in [-0.3, -0.25) is 0 Å². The second-order valence-corrected chi connectivity index (χ2v) is 6.11. The summed E-state index contributed by atoms with van der Waals surface area (Å²) in [4.78, 5) is 0. The molecule has 0 amide bonds. The van der Waals surface area contributed by atoms with E-state index in [1.54, 1.807) is 0 Å². The van der Waals surface area contributed by atoms with E-state index in [4.69, 9.17) is 0 Å². The van der Waals surface area contributed by atoms with Crippen LogP contribution in [0.1, 0.15) is 47.0 Å². The molecule has 2 aliphatic rings. The van der Waals surface area contributed by atoms with E-state index in [9.17, 15) is 0 Å². The fourth-order valence-electron chi connectivity index (χ4n) is 3.96. The van der Waals surface area contributed by atoms with Gasteiger partial charge < -0.3 is 0 Å². The molecular weight excluding hydrogens is 180 g/mol. The van der Waals surface area contributed by atoms with Crippen molar-refractivity contribution in [2.24, 2.45) is 22.7 Å². The monoisotopic (exact) mass is 204 g/mol. The molecule has 0 aromatic heterocycles. The fourth-order valence-corrected chi connectivity index (χ4v) is 3.96. The third-order valence-electron chi connectivity index (χ3n) is 5.94.